The fourth-order valence-corrected chi connectivity index (χ4v) is 2.51. The first-order valence-corrected chi connectivity index (χ1v) is 7.50. The number of nitrogens with one attached hydrogen (secondary N) is 2. The van der Waals surface area contributed by atoms with Crippen LogP contribution in [0.3, 0.4) is 0 Å². The van der Waals surface area contributed by atoms with Gasteiger partial charge in [-0.25, -0.2) is 0 Å². The van der Waals surface area contributed by atoms with Crippen molar-refractivity contribution < 1.29 is 0 Å². The summed E-state index contributed by atoms with van der Waals surface area (Å²) in [7, 11) is 0. The molecule has 0 aliphatic rings. The van der Waals surface area contributed by atoms with Crippen LogP contribution in [0.25, 0.3) is 0 Å². The van der Waals surface area contributed by atoms with Crippen LogP contribution in [0.2, 0.25) is 15.3 Å². The zero-order chi connectivity index (χ0) is 15.4. The summed E-state index contributed by atoms with van der Waals surface area (Å²) in [5.41, 5.74) is 0.891. The lowest BCUT2D eigenvalue weighted by atomic mass is 10.1. The van der Waals surface area contributed by atoms with E-state index in [1.165, 1.54) is 0 Å². The van der Waals surface area contributed by atoms with E-state index in [-0.39, 0.29) is 11.3 Å². The van der Waals surface area contributed by atoms with E-state index < -0.39 is 0 Å². The first-order chi connectivity index (χ1) is 9.99. The fourth-order valence-electron chi connectivity index (χ4n) is 1.78. The molecule has 112 valence electrons. The third-order valence-corrected chi connectivity index (χ3v) is 3.45. The molecule has 2 aromatic rings. The summed E-state index contributed by atoms with van der Waals surface area (Å²) in [6.45, 7) is 4.58. The van der Waals surface area contributed by atoms with Crippen LogP contribution in [0, 0.1) is 0 Å². The molecule has 5 nitrogen and oxygen atoms in total. The normalized spacial score (nSPS) is 12.0. The molecular formula is C13H14Cl3N5. The first-order valence-electron chi connectivity index (χ1n) is 6.36. The van der Waals surface area contributed by atoms with E-state index in [0.717, 1.165) is 5.56 Å². The van der Waals surface area contributed by atoms with Crippen LogP contribution in [0.1, 0.15) is 25.5 Å². The lowest BCUT2D eigenvalue weighted by Gasteiger charge is -2.16. The molecule has 1 aromatic heterocycles. The largest absolute Gasteiger partial charge is 0.354 e. The van der Waals surface area contributed by atoms with Gasteiger partial charge in [-0.15, -0.1) is 0 Å². The molecule has 2 N–H and O–H groups in total. The van der Waals surface area contributed by atoms with Crippen LogP contribution >= 0.6 is 34.8 Å². The lowest BCUT2D eigenvalue weighted by Crippen LogP contribution is -2.12. The van der Waals surface area contributed by atoms with Gasteiger partial charge in [0.05, 0.1) is 6.04 Å². The molecule has 0 fully saturated rings. The molecule has 1 heterocycles. The van der Waals surface area contributed by atoms with Crippen LogP contribution in [0.5, 0.6) is 0 Å². The Labute approximate surface area is 138 Å². The quantitative estimate of drug-likeness (QED) is 0.838. The van der Waals surface area contributed by atoms with Crippen molar-refractivity contribution in [2.75, 3.05) is 17.2 Å². The fraction of sp³-hybridized carbons (Fsp3) is 0.308. The average molecular weight is 347 g/mol. The van der Waals surface area contributed by atoms with E-state index in [9.17, 15) is 0 Å². The van der Waals surface area contributed by atoms with Gasteiger partial charge in [0.25, 0.3) is 0 Å². The van der Waals surface area contributed by atoms with Crippen LogP contribution in [-0.2, 0) is 0 Å². The molecule has 1 atom stereocenters. The molecule has 0 saturated carbocycles. The maximum atomic E-state index is 6.19. The average Bonchev–Trinajstić information content (AvgIpc) is 2.37. The van der Waals surface area contributed by atoms with E-state index in [4.69, 9.17) is 34.8 Å². The number of nitrogens with zero attached hydrogens (tertiary/aromatic N) is 3. The van der Waals surface area contributed by atoms with E-state index in [0.29, 0.717) is 28.5 Å². The number of halogens is 3. The summed E-state index contributed by atoms with van der Waals surface area (Å²) in [6, 6.07) is 5.23. The predicted molar refractivity (Wildman–Crippen MR) is 87.5 cm³/mol. The molecule has 1 unspecified atom stereocenters. The zero-order valence-corrected chi connectivity index (χ0v) is 13.8. The molecule has 0 spiro atoms. The molecule has 0 aliphatic heterocycles. The van der Waals surface area contributed by atoms with Crippen LogP contribution in [0.15, 0.2) is 18.2 Å². The monoisotopic (exact) mass is 345 g/mol. The third kappa shape index (κ3) is 4.33. The number of rotatable bonds is 5. The smallest absolute Gasteiger partial charge is 0.229 e. The Bertz CT molecular complexity index is 635. The van der Waals surface area contributed by atoms with E-state index in [2.05, 4.69) is 25.6 Å². The molecule has 2 rings (SSSR count). The van der Waals surface area contributed by atoms with Gasteiger partial charge in [0.15, 0.2) is 0 Å². The van der Waals surface area contributed by atoms with Crippen molar-refractivity contribution in [3.8, 4) is 0 Å². The second kappa shape index (κ2) is 7.11. The Kier molecular flexibility index (Phi) is 5.45. The van der Waals surface area contributed by atoms with Crippen molar-refractivity contribution in [2.24, 2.45) is 0 Å². The number of hydrogen-bond donors (Lipinski definition) is 2. The van der Waals surface area contributed by atoms with Crippen molar-refractivity contribution in [3.63, 3.8) is 0 Å². The highest BCUT2D eigenvalue weighted by atomic mass is 35.5. The molecule has 0 aliphatic carbocycles. The number of hydrogen-bond acceptors (Lipinski definition) is 5. The highest BCUT2D eigenvalue weighted by Crippen LogP contribution is 2.28. The summed E-state index contributed by atoms with van der Waals surface area (Å²) >= 11 is 18.0. The Balaban J connectivity index is 2.20. The summed E-state index contributed by atoms with van der Waals surface area (Å²) in [5, 5.41) is 7.43. The van der Waals surface area contributed by atoms with Crippen LogP contribution in [0.4, 0.5) is 11.9 Å². The molecule has 0 amide bonds. The van der Waals surface area contributed by atoms with Gasteiger partial charge in [-0.2, -0.15) is 15.0 Å². The van der Waals surface area contributed by atoms with Crippen molar-refractivity contribution in [1.29, 1.82) is 0 Å². The summed E-state index contributed by atoms with van der Waals surface area (Å²) < 4.78 is 0. The van der Waals surface area contributed by atoms with Crippen molar-refractivity contribution >= 4 is 46.7 Å². The SMILES string of the molecule is CCNc1nc(Cl)nc(NC(C)c2ccc(Cl)cc2Cl)n1. The van der Waals surface area contributed by atoms with Crippen LogP contribution < -0.4 is 10.6 Å². The Morgan fingerprint density at radius 3 is 2.48 bits per heavy atom. The standard InChI is InChI=1S/C13H14Cl3N5/c1-3-17-12-19-11(16)20-13(21-12)18-7(2)9-5-4-8(14)6-10(9)15/h4-7H,3H2,1-2H3,(H2,17,18,19,20,21). The molecular weight excluding hydrogens is 333 g/mol. The second-order valence-electron chi connectivity index (χ2n) is 4.31. The second-order valence-corrected chi connectivity index (χ2v) is 5.50. The molecule has 0 radical (unpaired) electrons. The number of anilines is 2. The lowest BCUT2D eigenvalue weighted by molar-refractivity contribution is 0.853. The number of benzene rings is 1. The predicted octanol–water partition coefficient (Wildman–Crippen LogP) is 4.44. The minimum atomic E-state index is -0.109. The highest BCUT2D eigenvalue weighted by molar-refractivity contribution is 6.35. The van der Waals surface area contributed by atoms with Crippen molar-refractivity contribution in [3.05, 3.63) is 39.1 Å². The van der Waals surface area contributed by atoms with E-state index in [1.54, 1.807) is 12.1 Å². The summed E-state index contributed by atoms with van der Waals surface area (Å²) in [6.07, 6.45) is 0. The molecule has 0 saturated heterocycles. The number of aromatic nitrogens is 3. The Morgan fingerprint density at radius 1 is 1.10 bits per heavy atom. The third-order valence-electron chi connectivity index (χ3n) is 2.72. The van der Waals surface area contributed by atoms with Gasteiger partial charge in [-0.1, -0.05) is 29.3 Å². The van der Waals surface area contributed by atoms with Gasteiger partial charge in [-0.05, 0) is 43.1 Å². The minimum absolute atomic E-state index is 0.109. The Morgan fingerprint density at radius 2 is 1.81 bits per heavy atom. The summed E-state index contributed by atoms with van der Waals surface area (Å²) in [5.74, 6) is 0.805. The first kappa shape index (κ1) is 16.1. The van der Waals surface area contributed by atoms with Gasteiger partial charge in [0.1, 0.15) is 0 Å². The van der Waals surface area contributed by atoms with Gasteiger partial charge in [-0.3, -0.25) is 0 Å². The topological polar surface area (TPSA) is 62.7 Å². The molecule has 1 aromatic carbocycles. The maximum Gasteiger partial charge on any atom is 0.229 e. The van der Waals surface area contributed by atoms with Crippen molar-refractivity contribution in [1.82, 2.24) is 15.0 Å². The van der Waals surface area contributed by atoms with Gasteiger partial charge in [0.2, 0.25) is 17.2 Å². The van der Waals surface area contributed by atoms with E-state index >= 15 is 0 Å². The molecule has 0 bridgehead atoms. The Hall–Kier alpha value is -1.30. The zero-order valence-electron chi connectivity index (χ0n) is 11.5. The highest BCUT2D eigenvalue weighted by Gasteiger charge is 2.12. The molecule has 21 heavy (non-hydrogen) atoms. The van der Waals surface area contributed by atoms with Crippen LogP contribution in [-0.4, -0.2) is 21.5 Å². The molecule has 8 heteroatoms. The van der Waals surface area contributed by atoms with Gasteiger partial charge < -0.3 is 10.6 Å². The van der Waals surface area contributed by atoms with Gasteiger partial charge in [0, 0.05) is 16.6 Å². The van der Waals surface area contributed by atoms with Gasteiger partial charge >= 0.3 is 0 Å². The van der Waals surface area contributed by atoms with Crippen molar-refractivity contribution in [2.45, 2.75) is 19.9 Å². The minimum Gasteiger partial charge on any atom is -0.354 e. The van der Waals surface area contributed by atoms with E-state index in [1.807, 2.05) is 19.9 Å². The maximum absolute atomic E-state index is 6.19. The summed E-state index contributed by atoms with van der Waals surface area (Å²) in [4.78, 5) is 12.3.